The molecule has 2 heterocycles. The molecule has 0 amide bonds. The molecule has 6 heteroatoms. The molecule has 0 N–H and O–H groups in total. The van der Waals surface area contributed by atoms with Crippen LogP contribution in [-0.4, -0.2) is 44.6 Å². The van der Waals surface area contributed by atoms with E-state index in [0.717, 1.165) is 32.5 Å². The van der Waals surface area contributed by atoms with Gasteiger partial charge in [0.1, 0.15) is 12.0 Å². The highest BCUT2D eigenvalue weighted by atomic mass is 16.5. The molecule has 114 valence electrons. The standard InChI is InChI=1S/C15H23N5O/c1-3-9-20(10-4-2)11-5-6-14-18-15(19-21-14)13-7-8-16-12-17-13/h7-8,12H,3-6,9-11H2,1-2H3. The number of aryl methyl sites for hydroxylation is 1. The molecule has 0 saturated heterocycles. The van der Waals surface area contributed by atoms with Crippen molar-refractivity contribution in [1.29, 1.82) is 0 Å². The Kier molecular flexibility index (Phi) is 6.27. The Labute approximate surface area is 125 Å². The van der Waals surface area contributed by atoms with Crippen molar-refractivity contribution >= 4 is 0 Å². The average Bonchev–Trinajstić information content (AvgIpc) is 2.97. The highest BCUT2D eigenvalue weighted by Gasteiger charge is 2.10. The summed E-state index contributed by atoms with van der Waals surface area (Å²) in [5.41, 5.74) is 0.693. The lowest BCUT2D eigenvalue weighted by Crippen LogP contribution is -2.26. The Morgan fingerprint density at radius 3 is 2.62 bits per heavy atom. The topological polar surface area (TPSA) is 67.9 Å². The summed E-state index contributed by atoms with van der Waals surface area (Å²) in [6.45, 7) is 7.82. The van der Waals surface area contributed by atoms with E-state index < -0.39 is 0 Å². The molecule has 0 bridgehead atoms. The third-order valence-corrected chi connectivity index (χ3v) is 3.22. The molecule has 0 aliphatic heterocycles. The van der Waals surface area contributed by atoms with Crippen molar-refractivity contribution in [2.75, 3.05) is 19.6 Å². The van der Waals surface area contributed by atoms with Crippen molar-refractivity contribution < 1.29 is 4.52 Å². The first-order valence-corrected chi connectivity index (χ1v) is 7.64. The highest BCUT2D eigenvalue weighted by molar-refractivity contribution is 5.46. The van der Waals surface area contributed by atoms with Crippen LogP contribution in [0, 0.1) is 0 Å². The number of hydrogen-bond donors (Lipinski definition) is 0. The van der Waals surface area contributed by atoms with Gasteiger partial charge in [-0.15, -0.1) is 0 Å². The molecular formula is C15H23N5O. The molecule has 2 aromatic heterocycles. The van der Waals surface area contributed by atoms with Gasteiger partial charge in [-0.25, -0.2) is 9.97 Å². The van der Waals surface area contributed by atoms with Crippen molar-refractivity contribution in [3.63, 3.8) is 0 Å². The molecule has 2 aromatic rings. The minimum Gasteiger partial charge on any atom is -0.339 e. The lowest BCUT2D eigenvalue weighted by molar-refractivity contribution is 0.266. The molecule has 2 rings (SSSR count). The van der Waals surface area contributed by atoms with E-state index in [-0.39, 0.29) is 0 Å². The zero-order valence-corrected chi connectivity index (χ0v) is 12.8. The predicted octanol–water partition coefficient (Wildman–Crippen LogP) is 2.58. The first-order valence-electron chi connectivity index (χ1n) is 7.64. The SMILES string of the molecule is CCCN(CCC)CCCc1nc(-c2ccncn2)no1. The summed E-state index contributed by atoms with van der Waals surface area (Å²) in [4.78, 5) is 14.9. The van der Waals surface area contributed by atoms with Crippen molar-refractivity contribution in [2.24, 2.45) is 0 Å². The van der Waals surface area contributed by atoms with Gasteiger partial charge in [-0.05, 0) is 45.0 Å². The minimum atomic E-state index is 0.534. The van der Waals surface area contributed by atoms with Crippen molar-refractivity contribution in [3.05, 3.63) is 24.5 Å². The van der Waals surface area contributed by atoms with Crippen LogP contribution in [0.1, 0.15) is 39.0 Å². The molecule has 6 nitrogen and oxygen atoms in total. The number of aromatic nitrogens is 4. The van der Waals surface area contributed by atoms with Crippen molar-refractivity contribution in [1.82, 2.24) is 25.0 Å². The fraction of sp³-hybridized carbons (Fsp3) is 0.600. The molecule has 0 unspecified atom stereocenters. The second-order valence-electron chi connectivity index (χ2n) is 5.05. The number of nitrogens with zero attached hydrogens (tertiary/aromatic N) is 5. The molecule has 0 aliphatic carbocycles. The zero-order valence-electron chi connectivity index (χ0n) is 12.8. The van der Waals surface area contributed by atoms with Crippen LogP contribution < -0.4 is 0 Å². The normalized spacial score (nSPS) is 11.2. The van der Waals surface area contributed by atoms with Gasteiger partial charge in [0.15, 0.2) is 0 Å². The van der Waals surface area contributed by atoms with Crippen molar-refractivity contribution in [3.8, 4) is 11.5 Å². The third-order valence-electron chi connectivity index (χ3n) is 3.22. The van der Waals surface area contributed by atoms with Gasteiger partial charge in [0.25, 0.3) is 0 Å². The average molecular weight is 289 g/mol. The van der Waals surface area contributed by atoms with Crippen molar-refractivity contribution in [2.45, 2.75) is 39.5 Å². The summed E-state index contributed by atoms with van der Waals surface area (Å²) >= 11 is 0. The van der Waals surface area contributed by atoms with Gasteiger partial charge in [0.05, 0.1) is 0 Å². The van der Waals surface area contributed by atoms with Crippen LogP contribution in [0.2, 0.25) is 0 Å². The van der Waals surface area contributed by atoms with Crippen LogP contribution in [-0.2, 0) is 6.42 Å². The zero-order chi connectivity index (χ0) is 14.9. The molecule has 0 aliphatic rings. The van der Waals surface area contributed by atoms with Crippen LogP contribution >= 0.6 is 0 Å². The summed E-state index contributed by atoms with van der Waals surface area (Å²) in [5, 5.41) is 3.97. The summed E-state index contributed by atoms with van der Waals surface area (Å²) in [6.07, 6.45) is 7.38. The second-order valence-corrected chi connectivity index (χ2v) is 5.05. The number of hydrogen-bond acceptors (Lipinski definition) is 6. The van der Waals surface area contributed by atoms with E-state index in [0.29, 0.717) is 17.4 Å². The first kappa shape index (κ1) is 15.6. The fourth-order valence-electron chi connectivity index (χ4n) is 2.31. The molecule has 0 saturated carbocycles. The summed E-state index contributed by atoms with van der Waals surface area (Å²) in [7, 11) is 0. The van der Waals surface area contributed by atoms with Gasteiger partial charge in [0.2, 0.25) is 11.7 Å². The van der Waals surface area contributed by atoms with Crippen LogP contribution in [0.4, 0.5) is 0 Å². The molecule has 21 heavy (non-hydrogen) atoms. The van der Waals surface area contributed by atoms with E-state index in [1.807, 2.05) is 0 Å². The molecular weight excluding hydrogens is 266 g/mol. The molecule has 0 radical (unpaired) electrons. The minimum absolute atomic E-state index is 0.534. The van der Waals surface area contributed by atoms with Crippen LogP contribution in [0.5, 0.6) is 0 Å². The van der Waals surface area contributed by atoms with E-state index in [4.69, 9.17) is 4.52 Å². The summed E-state index contributed by atoms with van der Waals surface area (Å²) < 4.78 is 5.28. The summed E-state index contributed by atoms with van der Waals surface area (Å²) in [5.74, 6) is 1.21. The number of rotatable bonds is 9. The highest BCUT2D eigenvalue weighted by Crippen LogP contribution is 2.12. The second kappa shape index (κ2) is 8.46. The van der Waals surface area contributed by atoms with Gasteiger partial charge in [0, 0.05) is 12.6 Å². The van der Waals surface area contributed by atoms with E-state index in [1.165, 1.54) is 19.2 Å². The molecule has 0 spiro atoms. The molecule has 0 aromatic carbocycles. The van der Waals surface area contributed by atoms with E-state index in [1.54, 1.807) is 12.3 Å². The largest absolute Gasteiger partial charge is 0.339 e. The maximum Gasteiger partial charge on any atom is 0.227 e. The van der Waals surface area contributed by atoms with E-state index in [2.05, 4.69) is 38.9 Å². The molecule has 0 atom stereocenters. The maximum absolute atomic E-state index is 5.28. The Morgan fingerprint density at radius 1 is 1.14 bits per heavy atom. The molecule has 0 fully saturated rings. The first-order chi connectivity index (χ1) is 10.3. The lowest BCUT2D eigenvalue weighted by Gasteiger charge is -2.20. The monoisotopic (exact) mass is 289 g/mol. The summed E-state index contributed by atoms with van der Waals surface area (Å²) in [6, 6.07) is 1.78. The van der Waals surface area contributed by atoms with Gasteiger partial charge in [-0.2, -0.15) is 4.98 Å². The lowest BCUT2D eigenvalue weighted by atomic mass is 10.2. The van der Waals surface area contributed by atoms with Crippen LogP contribution in [0.3, 0.4) is 0 Å². The Balaban J connectivity index is 1.83. The fourth-order valence-corrected chi connectivity index (χ4v) is 2.31. The predicted molar refractivity (Wildman–Crippen MR) is 80.7 cm³/mol. The van der Waals surface area contributed by atoms with E-state index >= 15 is 0 Å². The Hall–Kier alpha value is -1.82. The maximum atomic E-state index is 5.28. The Morgan fingerprint density at radius 2 is 1.95 bits per heavy atom. The third kappa shape index (κ3) is 4.90. The van der Waals surface area contributed by atoms with Crippen LogP contribution in [0.25, 0.3) is 11.5 Å². The van der Waals surface area contributed by atoms with Crippen LogP contribution in [0.15, 0.2) is 23.1 Å². The quantitative estimate of drug-likeness (QED) is 0.706. The van der Waals surface area contributed by atoms with Gasteiger partial charge < -0.3 is 9.42 Å². The van der Waals surface area contributed by atoms with Gasteiger partial charge in [-0.1, -0.05) is 19.0 Å². The van der Waals surface area contributed by atoms with Gasteiger partial charge in [-0.3, -0.25) is 0 Å². The van der Waals surface area contributed by atoms with Gasteiger partial charge >= 0.3 is 0 Å². The smallest absolute Gasteiger partial charge is 0.227 e. The Bertz CT molecular complexity index is 508. The van der Waals surface area contributed by atoms with E-state index in [9.17, 15) is 0 Å².